The van der Waals surface area contributed by atoms with E-state index >= 15 is 0 Å². The van der Waals surface area contributed by atoms with Crippen molar-refractivity contribution >= 4 is 0 Å². The predicted molar refractivity (Wildman–Crippen MR) is 111 cm³/mol. The second-order valence-corrected chi connectivity index (χ2v) is 7.04. The summed E-state index contributed by atoms with van der Waals surface area (Å²) < 4.78 is 7.38. The Balaban J connectivity index is 1.78. The molecule has 28 heavy (non-hydrogen) atoms. The molecule has 0 amide bonds. The number of hydrogen-bond acceptors (Lipinski definition) is 3. The highest BCUT2D eigenvalue weighted by atomic mass is 16.5. The Morgan fingerprint density at radius 1 is 0.929 bits per heavy atom. The van der Waals surface area contributed by atoms with Crippen molar-refractivity contribution in [1.82, 2.24) is 14.8 Å². The summed E-state index contributed by atoms with van der Waals surface area (Å²) in [5, 5.41) is 5.10. The maximum absolute atomic E-state index is 5.32. The number of ether oxygens (including phenoxy) is 1. The SMILES string of the molecule is COc1ccc(-n2nc3c(c2-c2cccnc2)CCCc2ccccc2-3)cc1. The van der Waals surface area contributed by atoms with Crippen molar-refractivity contribution in [2.24, 2.45) is 0 Å². The molecule has 1 aliphatic carbocycles. The zero-order valence-electron chi connectivity index (χ0n) is 15.8. The van der Waals surface area contributed by atoms with E-state index in [-0.39, 0.29) is 0 Å². The molecule has 0 atom stereocenters. The molecular formula is C24H21N3O. The van der Waals surface area contributed by atoms with Crippen LogP contribution >= 0.6 is 0 Å². The summed E-state index contributed by atoms with van der Waals surface area (Å²) in [7, 11) is 1.68. The molecule has 1 aliphatic rings. The van der Waals surface area contributed by atoms with E-state index in [1.165, 1.54) is 16.7 Å². The topological polar surface area (TPSA) is 39.9 Å². The van der Waals surface area contributed by atoms with Gasteiger partial charge < -0.3 is 4.74 Å². The van der Waals surface area contributed by atoms with Gasteiger partial charge in [-0.1, -0.05) is 24.3 Å². The minimum Gasteiger partial charge on any atom is -0.497 e. The second kappa shape index (κ2) is 6.97. The van der Waals surface area contributed by atoms with Crippen molar-refractivity contribution in [2.45, 2.75) is 19.3 Å². The van der Waals surface area contributed by atoms with Crippen LogP contribution in [-0.2, 0) is 12.8 Å². The monoisotopic (exact) mass is 367 g/mol. The third-order valence-corrected chi connectivity index (χ3v) is 5.38. The van der Waals surface area contributed by atoms with E-state index in [9.17, 15) is 0 Å². The number of methoxy groups -OCH3 is 1. The fourth-order valence-electron chi connectivity index (χ4n) is 4.04. The van der Waals surface area contributed by atoms with Crippen molar-refractivity contribution in [3.63, 3.8) is 0 Å². The van der Waals surface area contributed by atoms with Crippen LogP contribution in [0.5, 0.6) is 5.75 Å². The molecular weight excluding hydrogens is 346 g/mol. The van der Waals surface area contributed by atoms with E-state index in [0.717, 1.165) is 47.7 Å². The van der Waals surface area contributed by atoms with Crippen LogP contribution in [0.2, 0.25) is 0 Å². The van der Waals surface area contributed by atoms with Gasteiger partial charge in [0, 0.05) is 29.1 Å². The average molecular weight is 367 g/mol. The average Bonchev–Trinajstić information content (AvgIpc) is 3.04. The first kappa shape index (κ1) is 16.8. The third kappa shape index (κ3) is 2.78. The lowest BCUT2D eigenvalue weighted by Crippen LogP contribution is -2.01. The summed E-state index contributed by atoms with van der Waals surface area (Å²) in [5.74, 6) is 0.839. The largest absolute Gasteiger partial charge is 0.497 e. The standard InChI is InChI=1S/C24H21N3O/c1-28-20-13-11-19(12-14-20)27-24(18-8-5-15-25-16-18)22-10-4-7-17-6-2-3-9-21(17)23(22)26-27/h2-3,5-6,8-9,11-16H,4,7,10H2,1H3. The number of nitrogens with zero attached hydrogens (tertiary/aromatic N) is 3. The summed E-state index contributed by atoms with van der Waals surface area (Å²) >= 11 is 0. The van der Waals surface area contributed by atoms with Crippen molar-refractivity contribution in [1.29, 1.82) is 0 Å². The molecule has 5 rings (SSSR count). The molecule has 0 aliphatic heterocycles. The normalized spacial score (nSPS) is 12.8. The molecule has 0 unspecified atom stereocenters. The van der Waals surface area contributed by atoms with Gasteiger partial charge in [-0.3, -0.25) is 4.98 Å². The molecule has 0 saturated heterocycles. The Morgan fingerprint density at radius 3 is 2.57 bits per heavy atom. The first-order chi connectivity index (χ1) is 13.8. The zero-order valence-corrected chi connectivity index (χ0v) is 15.8. The summed E-state index contributed by atoms with van der Waals surface area (Å²) in [6.07, 6.45) is 6.94. The third-order valence-electron chi connectivity index (χ3n) is 5.38. The van der Waals surface area contributed by atoms with E-state index in [4.69, 9.17) is 9.84 Å². The van der Waals surface area contributed by atoms with Gasteiger partial charge in [0.1, 0.15) is 5.75 Å². The highest BCUT2D eigenvalue weighted by Gasteiger charge is 2.24. The summed E-state index contributed by atoms with van der Waals surface area (Å²) in [6, 6.07) is 20.8. The van der Waals surface area contributed by atoms with Crippen LogP contribution in [0.1, 0.15) is 17.5 Å². The Kier molecular flexibility index (Phi) is 4.17. The van der Waals surface area contributed by atoms with E-state index in [1.54, 1.807) is 7.11 Å². The number of benzene rings is 2. The van der Waals surface area contributed by atoms with Crippen molar-refractivity contribution in [2.75, 3.05) is 7.11 Å². The van der Waals surface area contributed by atoms with Crippen molar-refractivity contribution in [3.8, 4) is 34.0 Å². The molecule has 2 aromatic heterocycles. The molecule has 4 aromatic rings. The van der Waals surface area contributed by atoms with Gasteiger partial charge in [0.05, 0.1) is 24.2 Å². The van der Waals surface area contributed by atoms with E-state index in [2.05, 4.69) is 52.1 Å². The van der Waals surface area contributed by atoms with E-state index in [0.29, 0.717) is 0 Å². The van der Waals surface area contributed by atoms with Crippen LogP contribution in [-0.4, -0.2) is 21.9 Å². The van der Waals surface area contributed by atoms with Crippen LogP contribution < -0.4 is 4.74 Å². The Morgan fingerprint density at radius 2 is 1.79 bits per heavy atom. The number of hydrogen-bond donors (Lipinski definition) is 0. The Bertz CT molecular complexity index is 1110. The van der Waals surface area contributed by atoms with Crippen LogP contribution in [0.15, 0.2) is 73.1 Å². The van der Waals surface area contributed by atoms with Gasteiger partial charge in [-0.05, 0) is 61.2 Å². The number of pyridine rings is 1. The highest BCUT2D eigenvalue weighted by Crippen LogP contribution is 2.38. The quantitative estimate of drug-likeness (QED) is 0.506. The molecule has 138 valence electrons. The first-order valence-electron chi connectivity index (χ1n) is 9.60. The fourth-order valence-corrected chi connectivity index (χ4v) is 4.04. The van der Waals surface area contributed by atoms with Gasteiger partial charge in [-0.15, -0.1) is 0 Å². The lowest BCUT2D eigenvalue weighted by Gasteiger charge is -2.10. The Labute approximate surface area is 164 Å². The summed E-state index contributed by atoms with van der Waals surface area (Å²) in [6.45, 7) is 0. The van der Waals surface area contributed by atoms with Crippen molar-refractivity contribution < 1.29 is 4.74 Å². The Hall–Kier alpha value is -3.40. The van der Waals surface area contributed by atoms with Crippen LogP contribution in [0.4, 0.5) is 0 Å². The number of aromatic nitrogens is 3. The molecule has 0 spiro atoms. The molecule has 2 heterocycles. The lowest BCUT2D eigenvalue weighted by atomic mass is 10.0. The first-order valence-corrected chi connectivity index (χ1v) is 9.60. The van der Waals surface area contributed by atoms with Gasteiger partial charge in [-0.25, -0.2) is 4.68 Å². The fraction of sp³-hybridized carbons (Fsp3) is 0.167. The van der Waals surface area contributed by atoms with Crippen LogP contribution in [0.3, 0.4) is 0 Å². The molecule has 0 fully saturated rings. The van der Waals surface area contributed by atoms with E-state index < -0.39 is 0 Å². The molecule has 4 nitrogen and oxygen atoms in total. The van der Waals surface area contributed by atoms with Gasteiger partial charge in [-0.2, -0.15) is 5.10 Å². The molecule has 0 radical (unpaired) electrons. The van der Waals surface area contributed by atoms with Crippen LogP contribution in [0, 0.1) is 0 Å². The van der Waals surface area contributed by atoms with Crippen molar-refractivity contribution in [3.05, 3.63) is 84.2 Å². The minimum atomic E-state index is 0.839. The zero-order chi connectivity index (χ0) is 18.9. The van der Waals surface area contributed by atoms with Crippen LogP contribution in [0.25, 0.3) is 28.2 Å². The minimum absolute atomic E-state index is 0.839. The molecule has 2 aromatic carbocycles. The number of rotatable bonds is 3. The maximum Gasteiger partial charge on any atom is 0.119 e. The van der Waals surface area contributed by atoms with Gasteiger partial charge >= 0.3 is 0 Å². The van der Waals surface area contributed by atoms with Gasteiger partial charge in [0.2, 0.25) is 0 Å². The smallest absolute Gasteiger partial charge is 0.119 e. The highest BCUT2D eigenvalue weighted by molar-refractivity contribution is 5.78. The van der Waals surface area contributed by atoms with Gasteiger partial charge in [0.15, 0.2) is 0 Å². The van der Waals surface area contributed by atoms with Gasteiger partial charge in [0.25, 0.3) is 0 Å². The molecule has 4 heteroatoms. The summed E-state index contributed by atoms with van der Waals surface area (Å²) in [4.78, 5) is 4.36. The molecule has 0 bridgehead atoms. The van der Waals surface area contributed by atoms with E-state index in [1.807, 2.05) is 30.6 Å². The number of fused-ring (bicyclic) bond motifs is 3. The molecule has 0 saturated carbocycles. The number of aryl methyl sites for hydroxylation is 1. The summed E-state index contributed by atoms with van der Waals surface area (Å²) in [5.41, 5.74) is 8.24. The maximum atomic E-state index is 5.32. The second-order valence-electron chi connectivity index (χ2n) is 7.04. The lowest BCUT2D eigenvalue weighted by molar-refractivity contribution is 0.414. The molecule has 0 N–H and O–H groups in total. The predicted octanol–water partition coefficient (Wildman–Crippen LogP) is 5.10.